The number of aromatic nitrogens is 3. The molecule has 7 heteroatoms. The molecule has 6 nitrogen and oxygen atoms in total. The highest BCUT2D eigenvalue weighted by Crippen LogP contribution is 2.34. The van der Waals surface area contributed by atoms with Gasteiger partial charge in [-0.2, -0.15) is 5.10 Å². The van der Waals surface area contributed by atoms with Gasteiger partial charge in [-0.15, -0.1) is 0 Å². The Balaban J connectivity index is 0.000000508. The van der Waals surface area contributed by atoms with Crippen molar-refractivity contribution in [1.82, 2.24) is 15.2 Å². The summed E-state index contributed by atoms with van der Waals surface area (Å²) in [5.74, 6) is 0.0739. The third-order valence-corrected chi connectivity index (χ3v) is 3.42. The summed E-state index contributed by atoms with van der Waals surface area (Å²) < 4.78 is 18.9. The predicted molar refractivity (Wildman–Crippen MR) is 89.4 cm³/mol. The molecular weight excluding hydrogens is 311 g/mol. The Hall–Kier alpha value is -2.96. The van der Waals surface area contributed by atoms with Gasteiger partial charge >= 0.3 is 0 Å². The first-order chi connectivity index (χ1) is 11.7. The highest BCUT2D eigenvalue weighted by atomic mass is 19.1. The Morgan fingerprint density at radius 1 is 1.25 bits per heavy atom. The van der Waals surface area contributed by atoms with Crippen molar-refractivity contribution in [2.45, 2.75) is 19.3 Å². The van der Waals surface area contributed by atoms with Crippen molar-refractivity contribution in [3.8, 4) is 17.0 Å². The second-order valence-electron chi connectivity index (χ2n) is 5.31. The third-order valence-electron chi connectivity index (χ3n) is 3.42. The number of hydrogen-bond donors (Lipinski definition) is 2. The molecule has 1 aliphatic rings. The molecule has 1 saturated carbocycles. The van der Waals surface area contributed by atoms with Crippen molar-refractivity contribution in [1.29, 1.82) is 0 Å². The van der Waals surface area contributed by atoms with E-state index in [0.29, 0.717) is 34.5 Å². The first-order valence-corrected chi connectivity index (χ1v) is 7.62. The predicted octanol–water partition coefficient (Wildman–Crippen LogP) is 3.51. The van der Waals surface area contributed by atoms with Gasteiger partial charge in [0, 0.05) is 10.9 Å². The second kappa shape index (κ2) is 7.08. The summed E-state index contributed by atoms with van der Waals surface area (Å²) in [5, 5.41) is 10.1. The zero-order valence-corrected chi connectivity index (χ0v) is 13.2. The van der Waals surface area contributed by atoms with Crippen molar-refractivity contribution in [3.63, 3.8) is 0 Å². The number of halogens is 1. The fraction of sp³-hybridized carbons (Fsp3) is 0.235. The lowest BCUT2D eigenvalue weighted by Crippen LogP contribution is -1.96. The molecule has 0 radical (unpaired) electrons. The van der Waals surface area contributed by atoms with Crippen molar-refractivity contribution < 1.29 is 13.9 Å². The van der Waals surface area contributed by atoms with Crippen LogP contribution in [0, 0.1) is 5.82 Å². The number of aromatic amines is 1. The largest absolute Gasteiger partial charge is 0.493 e. The van der Waals surface area contributed by atoms with Crippen LogP contribution in [0.5, 0.6) is 5.75 Å². The molecule has 4 rings (SSSR count). The minimum Gasteiger partial charge on any atom is -0.493 e. The molecule has 0 saturated heterocycles. The first-order valence-electron chi connectivity index (χ1n) is 7.62. The number of nitrogens with zero attached hydrogens (tertiary/aromatic N) is 2. The van der Waals surface area contributed by atoms with Gasteiger partial charge in [0.2, 0.25) is 6.41 Å². The van der Waals surface area contributed by atoms with E-state index in [9.17, 15) is 9.18 Å². The summed E-state index contributed by atoms with van der Waals surface area (Å²) in [6.45, 7) is 0. The molecule has 0 atom stereocenters. The van der Waals surface area contributed by atoms with Crippen molar-refractivity contribution in [3.05, 3.63) is 36.1 Å². The summed E-state index contributed by atoms with van der Waals surface area (Å²) in [7, 11) is 1.41. The lowest BCUT2D eigenvalue weighted by molar-refractivity contribution is -0.105. The van der Waals surface area contributed by atoms with Crippen LogP contribution in [-0.4, -0.2) is 28.7 Å². The number of carbonyl (C=O) groups excluding carboxylic acids is 1. The molecule has 0 aliphatic heterocycles. The molecule has 3 aromatic rings. The van der Waals surface area contributed by atoms with E-state index in [1.165, 1.54) is 32.4 Å². The van der Waals surface area contributed by atoms with Crippen LogP contribution >= 0.6 is 0 Å². The lowest BCUT2D eigenvalue weighted by atomic mass is 10.1. The van der Waals surface area contributed by atoms with E-state index in [1.54, 1.807) is 24.3 Å². The van der Waals surface area contributed by atoms with Crippen molar-refractivity contribution in [2.24, 2.45) is 0 Å². The van der Waals surface area contributed by atoms with Gasteiger partial charge in [0.1, 0.15) is 5.82 Å². The third kappa shape index (κ3) is 3.34. The number of pyridine rings is 1. The van der Waals surface area contributed by atoms with Gasteiger partial charge in [-0.1, -0.05) is 25.3 Å². The summed E-state index contributed by atoms with van der Waals surface area (Å²) in [6.07, 6.45) is 5.04. The number of amides is 1. The number of methoxy groups -OCH3 is 1. The number of rotatable bonds is 4. The van der Waals surface area contributed by atoms with Crippen LogP contribution in [-0.2, 0) is 4.79 Å². The minimum absolute atomic E-state index is 0.137. The molecule has 2 heterocycles. The first kappa shape index (κ1) is 15.9. The summed E-state index contributed by atoms with van der Waals surface area (Å²) >= 11 is 0. The fourth-order valence-electron chi connectivity index (χ4n) is 2.16. The van der Waals surface area contributed by atoms with Gasteiger partial charge in [0.15, 0.2) is 17.2 Å². The Labute approximate surface area is 138 Å². The summed E-state index contributed by atoms with van der Waals surface area (Å²) in [4.78, 5) is 14.6. The Morgan fingerprint density at radius 3 is 2.71 bits per heavy atom. The average Bonchev–Trinajstić information content (AvgIpc) is 3.41. The van der Waals surface area contributed by atoms with Gasteiger partial charge in [0.05, 0.1) is 12.8 Å². The average molecular weight is 328 g/mol. The van der Waals surface area contributed by atoms with E-state index < -0.39 is 5.82 Å². The molecule has 1 fully saturated rings. The monoisotopic (exact) mass is 328 g/mol. The topological polar surface area (TPSA) is 79.9 Å². The summed E-state index contributed by atoms with van der Waals surface area (Å²) in [5.41, 5.74) is 1.58. The Kier molecular flexibility index (Phi) is 4.69. The number of nitrogens with one attached hydrogen (secondary N) is 2. The number of hydrogen-bond acceptors (Lipinski definition) is 4. The number of para-hydroxylation sites is 1. The van der Waals surface area contributed by atoms with Crippen LogP contribution < -0.4 is 10.1 Å². The van der Waals surface area contributed by atoms with E-state index in [4.69, 9.17) is 4.74 Å². The fourth-order valence-corrected chi connectivity index (χ4v) is 2.16. The van der Waals surface area contributed by atoms with E-state index in [2.05, 4.69) is 20.5 Å². The van der Waals surface area contributed by atoms with Gasteiger partial charge < -0.3 is 10.1 Å². The Bertz CT molecular complexity index is 858. The van der Waals surface area contributed by atoms with E-state index in [1.807, 2.05) is 0 Å². The van der Waals surface area contributed by atoms with Gasteiger partial charge in [-0.05, 0) is 24.3 Å². The molecule has 0 unspecified atom stereocenters. The number of H-pyrrole nitrogens is 1. The quantitative estimate of drug-likeness (QED) is 0.718. The SMILES string of the molecule is C1CC1.COc1c(F)cccc1-c1[nH]nc2nc(NC=O)ccc12. The lowest BCUT2D eigenvalue weighted by Gasteiger charge is -2.07. The molecule has 124 valence electrons. The van der Waals surface area contributed by atoms with Crippen molar-refractivity contribution >= 4 is 23.3 Å². The molecule has 1 aromatic carbocycles. The summed E-state index contributed by atoms with van der Waals surface area (Å²) in [6, 6.07) is 8.03. The zero-order valence-electron chi connectivity index (χ0n) is 13.2. The molecular formula is C17H17FN4O2. The number of anilines is 1. The smallest absolute Gasteiger partial charge is 0.212 e. The zero-order chi connectivity index (χ0) is 16.9. The molecule has 0 spiro atoms. The number of carbonyl (C=O) groups is 1. The van der Waals surface area contributed by atoms with Crippen LogP contribution in [0.3, 0.4) is 0 Å². The van der Waals surface area contributed by atoms with Crippen LogP contribution in [0.25, 0.3) is 22.3 Å². The molecule has 1 amide bonds. The van der Waals surface area contributed by atoms with Crippen LogP contribution in [0.15, 0.2) is 30.3 Å². The van der Waals surface area contributed by atoms with E-state index >= 15 is 0 Å². The van der Waals surface area contributed by atoms with E-state index in [-0.39, 0.29) is 5.75 Å². The maximum absolute atomic E-state index is 13.8. The minimum atomic E-state index is -0.454. The molecule has 0 bridgehead atoms. The number of ether oxygens (including phenoxy) is 1. The maximum Gasteiger partial charge on any atom is 0.212 e. The number of fused-ring (bicyclic) bond motifs is 1. The highest BCUT2D eigenvalue weighted by molar-refractivity contribution is 5.93. The maximum atomic E-state index is 13.8. The van der Waals surface area contributed by atoms with E-state index in [0.717, 1.165) is 0 Å². The standard InChI is InChI=1S/C14H11FN4O2.C3H6/c1-21-13-8(3-2-4-10(13)15)12-9-5-6-11(16-7-20)17-14(9)19-18-12;1-2-3-1/h2-7H,1H3,(H2,16,17,18,19,20);1-3H2. The Morgan fingerprint density at radius 2 is 2.04 bits per heavy atom. The van der Waals surface area contributed by atoms with Crippen LogP contribution in [0.2, 0.25) is 0 Å². The van der Waals surface area contributed by atoms with Gasteiger partial charge in [-0.25, -0.2) is 9.37 Å². The van der Waals surface area contributed by atoms with Gasteiger partial charge in [-0.3, -0.25) is 9.89 Å². The van der Waals surface area contributed by atoms with Crippen molar-refractivity contribution in [2.75, 3.05) is 12.4 Å². The highest BCUT2D eigenvalue weighted by Gasteiger charge is 2.16. The number of benzene rings is 1. The molecule has 24 heavy (non-hydrogen) atoms. The van der Waals surface area contributed by atoms with Crippen LogP contribution in [0.1, 0.15) is 19.3 Å². The van der Waals surface area contributed by atoms with Gasteiger partial charge in [0.25, 0.3) is 0 Å². The molecule has 1 aliphatic carbocycles. The van der Waals surface area contributed by atoms with Crippen LogP contribution in [0.4, 0.5) is 10.2 Å². The second-order valence-corrected chi connectivity index (χ2v) is 5.31. The molecule has 2 aromatic heterocycles. The normalized spacial score (nSPS) is 12.2. The molecule has 2 N–H and O–H groups in total.